The quantitative estimate of drug-likeness (QED) is 0.592. The maximum atomic E-state index is 13.3. The average molecular weight is 455 g/mol. The smallest absolute Gasteiger partial charge is 0.344 e. The van der Waals surface area contributed by atoms with Crippen molar-refractivity contribution in [2.24, 2.45) is 5.41 Å². The number of para-hydroxylation sites is 1. The van der Waals surface area contributed by atoms with Gasteiger partial charge >= 0.3 is 5.63 Å². The maximum absolute atomic E-state index is 13.3. The second-order valence-corrected chi connectivity index (χ2v) is 8.70. The Hall–Kier alpha value is -2.67. The molecular weight excluding hydrogens is 428 g/mol. The number of hydrogen-bond donors (Lipinski definition) is 2. The van der Waals surface area contributed by atoms with Crippen molar-refractivity contribution in [2.75, 3.05) is 26.2 Å². The van der Waals surface area contributed by atoms with E-state index in [0.29, 0.717) is 35.4 Å². The topological polar surface area (TPSA) is 82.8 Å². The van der Waals surface area contributed by atoms with Crippen molar-refractivity contribution in [1.29, 1.82) is 0 Å². The Morgan fingerprint density at radius 2 is 2.00 bits per heavy atom. The molecule has 6 nitrogen and oxygen atoms in total. The largest absolute Gasteiger partial charge is 0.422 e. The molecule has 5 rings (SSSR count). The summed E-state index contributed by atoms with van der Waals surface area (Å²) in [7, 11) is 0. The number of benzene rings is 2. The minimum absolute atomic E-state index is 0. The number of nitrogens with one attached hydrogen (secondary N) is 1. The third-order valence-electron chi connectivity index (χ3n) is 6.93. The Kier molecular flexibility index (Phi) is 6.38. The van der Waals surface area contributed by atoms with Gasteiger partial charge in [-0.05, 0) is 55.6 Å². The van der Waals surface area contributed by atoms with Gasteiger partial charge in [-0.2, -0.15) is 0 Å². The number of aliphatic hydroxyl groups excluding tert-OH is 1. The molecule has 0 spiro atoms. The predicted molar refractivity (Wildman–Crippen MR) is 126 cm³/mol. The number of carbonyl (C=O) groups is 1. The van der Waals surface area contributed by atoms with E-state index in [2.05, 4.69) is 5.32 Å². The highest BCUT2D eigenvalue weighted by atomic mass is 35.5. The molecule has 0 saturated carbocycles. The molecule has 0 unspecified atom stereocenters. The summed E-state index contributed by atoms with van der Waals surface area (Å²) in [6.07, 6.45) is 2.85. The number of hydrogen-bond acceptors (Lipinski definition) is 5. The van der Waals surface area contributed by atoms with Crippen LogP contribution in [0.15, 0.2) is 63.8 Å². The van der Waals surface area contributed by atoms with Gasteiger partial charge in [-0.25, -0.2) is 4.79 Å². The Labute approximate surface area is 192 Å². The van der Waals surface area contributed by atoms with Gasteiger partial charge in [-0.15, -0.1) is 12.4 Å². The van der Waals surface area contributed by atoms with E-state index < -0.39 is 5.63 Å². The van der Waals surface area contributed by atoms with Crippen molar-refractivity contribution in [2.45, 2.75) is 25.3 Å². The van der Waals surface area contributed by atoms with E-state index in [0.717, 1.165) is 31.2 Å². The van der Waals surface area contributed by atoms with Gasteiger partial charge in [0.05, 0.1) is 12.2 Å². The molecule has 1 aromatic heterocycles. The molecule has 2 saturated heterocycles. The second-order valence-electron chi connectivity index (χ2n) is 8.70. The number of halogens is 1. The fraction of sp³-hybridized carbons (Fsp3) is 0.360. The van der Waals surface area contributed by atoms with Crippen LogP contribution < -0.4 is 10.9 Å². The van der Waals surface area contributed by atoms with E-state index >= 15 is 0 Å². The third-order valence-corrected chi connectivity index (χ3v) is 6.93. The molecule has 0 aliphatic carbocycles. The van der Waals surface area contributed by atoms with Crippen molar-refractivity contribution in [3.05, 3.63) is 70.6 Å². The predicted octanol–water partition coefficient (Wildman–Crippen LogP) is 3.46. The van der Waals surface area contributed by atoms with E-state index in [1.54, 1.807) is 24.3 Å². The van der Waals surface area contributed by atoms with Crippen LogP contribution in [0, 0.1) is 5.41 Å². The summed E-state index contributed by atoms with van der Waals surface area (Å²) in [5, 5.41) is 14.3. The summed E-state index contributed by atoms with van der Waals surface area (Å²) in [5.41, 5.74) is 1.67. The molecule has 1 amide bonds. The first-order chi connectivity index (χ1) is 15.1. The molecule has 3 aromatic rings. The molecule has 2 atom stereocenters. The molecule has 0 bridgehead atoms. The fourth-order valence-electron chi connectivity index (χ4n) is 5.05. The zero-order valence-corrected chi connectivity index (χ0v) is 18.6. The Morgan fingerprint density at radius 1 is 1.16 bits per heavy atom. The van der Waals surface area contributed by atoms with Gasteiger partial charge < -0.3 is 19.7 Å². The van der Waals surface area contributed by atoms with Crippen molar-refractivity contribution in [1.82, 2.24) is 10.2 Å². The number of rotatable bonds is 3. The number of aliphatic hydroxyl groups is 1. The first-order valence-electron chi connectivity index (χ1n) is 10.9. The highest BCUT2D eigenvalue weighted by Crippen LogP contribution is 2.38. The van der Waals surface area contributed by atoms with E-state index in [-0.39, 0.29) is 36.4 Å². The summed E-state index contributed by atoms with van der Waals surface area (Å²) in [6, 6.07) is 16.5. The molecule has 2 aliphatic heterocycles. The number of fused-ring (bicyclic) bond motifs is 2. The SMILES string of the molecule is Cl.O=C(c1cccc(-c2cc3ccccc3oc2=O)c1)N1CC[C@@]2(CO)CCCN[C@@H]2C1. The van der Waals surface area contributed by atoms with E-state index in [9.17, 15) is 14.7 Å². The highest BCUT2D eigenvalue weighted by Gasteiger charge is 2.45. The van der Waals surface area contributed by atoms with Gasteiger partial charge in [-0.3, -0.25) is 4.79 Å². The Bertz CT molecular complexity index is 1190. The molecule has 7 heteroatoms. The average Bonchev–Trinajstić information content (AvgIpc) is 2.82. The molecule has 2 fully saturated rings. The van der Waals surface area contributed by atoms with Crippen molar-refractivity contribution < 1.29 is 14.3 Å². The van der Waals surface area contributed by atoms with Gasteiger partial charge in [0.2, 0.25) is 0 Å². The number of piperidine rings is 2. The summed E-state index contributed by atoms with van der Waals surface area (Å²) >= 11 is 0. The van der Waals surface area contributed by atoms with Gasteiger partial charge in [0, 0.05) is 35.5 Å². The van der Waals surface area contributed by atoms with E-state index in [4.69, 9.17) is 4.42 Å². The lowest BCUT2D eigenvalue weighted by Crippen LogP contribution is -2.62. The monoisotopic (exact) mass is 454 g/mol. The zero-order valence-electron chi connectivity index (χ0n) is 17.8. The summed E-state index contributed by atoms with van der Waals surface area (Å²) < 4.78 is 5.46. The molecule has 0 radical (unpaired) electrons. The number of nitrogens with zero attached hydrogens (tertiary/aromatic N) is 1. The fourth-order valence-corrected chi connectivity index (χ4v) is 5.05. The van der Waals surface area contributed by atoms with Crippen LogP contribution in [0.1, 0.15) is 29.6 Å². The second kappa shape index (κ2) is 9.06. The van der Waals surface area contributed by atoms with Gasteiger partial charge in [0.1, 0.15) is 5.58 Å². The van der Waals surface area contributed by atoms with Crippen LogP contribution in [0.3, 0.4) is 0 Å². The van der Waals surface area contributed by atoms with Crippen LogP contribution in [0.25, 0.3) is 22.1 Å². The normalized spacial score (nSPS) is 22.8. The lowest BCUT2D eigenvalue weighted by molar-refractivity contribution is -0.00882. The molecule has 32 heavy (non-hydrogen) atoms. The summed E-state index contributed by atoms with van der Waals surface area (Å²) in [5.74, 6) is -0.0501. The molecule has 3 heterocycles. The Balaban J connectivity index is 0.00000245. The van der Waals surface area contributed by atoms with E-state index in [1.807, 2.05) is 35.2 Å². The highest BCUT2D eigenvalue weighted by molar-refractivity contribution is 5.96. The van der Waals surface area contributed by atoms with Crippen LogP contribution in [0.5, 0.6) is 0 Å². The van der Waals surface area contributed by atoms with Crippen LogP contribution >= 0.6 is 12.4 Å². The van der Waals surface area contributed by atoms with Crippen molar-refractivity contribution >= 4 is 29.3 Å². The first-order valence-corrected chi connectivity index (χ1v) is 10.9. The van der Waals surface area contributed by atoms with Gasteiger partial charge in [-0.1, -0.05) is 30.3 Å². The molecular formula is C25H27ClN2O4. The minimum atomic E-state index is -0.416. The van der Waals surface area contributed by atoms with Crippen LogP contribution in [0.2, 0.25) is 0 Å². The molecule has 2 N–H and O–H groups in total. The Morgan fingerprint density at radius 3 is 2.84 bits per heavy atom. The van der Waals surface area contributed by atoms with Crippen LogP contribution in [-0.2, 0) is 0 Å². The van der Waals surface area contributed by atoms with Gasteiger partial charge in [0.15, 0.2) is 0 Å². The van der Waals surface area contributed by atoms with Crippen molar-refractivity contribution in [3.63, 3.8) is 0 Å². The zero-order chi connectivity index (χ0) is 21.4. The number of carbonyl (C=O) groups excluding carboxylic acids is 1. The van der Waals surface area contributed by atoms with Crippen LogP contribution in [-0.4, -0.2) is 48.2 Å². The minimum Gasteiger partial charge on any atom is -0.422 e. The molecule has 2 aromatic carbocycles. The van der Waals surface area contributed by atoms with Gasteiger partial charge in [0.25, 0.3) is 5.91 Å². The maximum Gasteiger partial charge on any atom is 0.344 e. The molecule has 168 valence electrons. The molecule has 2 aliphatic rings. The third kappa shape index (κ3) is 3.94. The van der Waals surface area contributed by atoms with Crippen LogP contribution in [0.4, 0.5) is 0 Å². The summed E-state index contributed by atoms with van der Waals surface area (Å²) in [4.78, 5) is 27.7. The number of amides is 1. The lowest BCUT2D eigenvalue weighted by atomic mass is 9.70. The lowest BCUT2D eigenvalue weighted by Gasteiger charge is -2.50. The van der Waals surface area contributed by atoms with Crippen molar-refractivity contribution in [3.8, 4) is 11.1 Å². The van der Waals surface area contributed by atoms with E-state index in [1.165, 1.54) is 0 Å². The number of likely N-dealkylation sites (tertiary alicyclic amines) is 1. The first kappa shape index (κ1) is 22.5. The summed E-state index contributed by atoms with van der Waals surface area (Å²) in [6.45, 7) is 2.28. The standard InChI is InChI=1S/C25H26N2O4.ClH/c28-16-25-9-4-11-26-22(25)15-27(12-10-25)23(29)19-7-3-6-17(13-19)20-14-18-5-1-2-8-21(18)31-24(20)30;/h1-3,5-8,13-14,22,26,28H,4,9-12,15-16H2;1H/t22-,25-;/m1./s1.